The molecule has 1 N–H and O–H groups in total. The van der Waals surface area contributed by atoms with Gasteiger partial charge in [0.2, 0.25) is 0 Å². The van der Waals surface area contributed by atoms with Gasteiger partial charge < -0.3 is 15.1 Å². The molecule has 0 aliphatic heterocycles. The molecule has 1 heterocycles. The van der Waals surface area contributed by atoms with Crippen molar-refractivity contribution >= 4 is 5.82 Å². The summed E-state index contributed by atoms with van der Waals surface area (Å²) in [5.41, 5.74) is 1.30. The van der Waals surface area contributed by atoms with Crippen molar-refractivity contribution in [2.75, 3.05) is 45.7 Å². The van der Waals surface area contributed by atoms with Crippen LogP contribution in [-0.4, -0.2) is 50.7 Å². The van der Waals surface area contributed by atoms with Gasteiger partial charge in [-0.3, -0.25) is 0 Å². The van der Waals surface area contributed by atoms with Crippen LogP contribution in [0.25, 0.3) is 0 Å². The second-order valence-electron chi connectivity index (χ2n) is 5.31. The predicted molar refractivity (Wildman–Crippen MR) is 82.8 cm³/mol. The van der Waals surface area contributed by atoms with Crippen LogP contribution in [-0.2, 0) is 0 Å². The van der Waals surface area contributed by atoms with Gasteiger partial charge in [-0.15, -0.1) is 0 Å². The molecule has 0 aliphatic carbocycles. The summed E-state index contributed by atoms with van der Waals surface area (Å²) in [6.45, 7) is 7.44. The number of hydrogen-bond acceptors (Lipinski definition) is 4. The third-order valence-corrected chi connectivity index (χ3v) is 3.27. The molecule has 1 aromatic rings. The largest absolute Gasteiger partial charge is 0.360 e. The number of rotatable bonds is 8. The lowest BCUT2D eigenvalue weighted by atomic mass is 10.1. The van der Waals surface area contributed by atoms with Crippen molar-refractivity contribution < 1.29 is 0 Å². The van der Waals surface area contributed by atoms with Gasteiger partial charge in [0.15, 0.2) is 0 Å². The molecule has 1 unspecified atom stereocenters. The van der Waals surface area contributed by atoms with Gasteiger partial charge >= 0.3 is 0 Å². The van der Waals surface area contributed by atoms with Crippen molar-refractivity contribution in [3.63, 3.8) is 0 Å². The molecular formula is C15H28N4. The van der Waals surface area contributed by atoms with Crippen molar-refractivity contribution in [1.29, 1.82) is 0 Å². The smallest absolute Gasteiger partial charge is 0.128 e. The fourth-order valence-corrected chi connectivity index (χ4v) is 2.07. The first kappa shape index (κ1) is 15.9. The summed E-state index contributed by atoms with van der Waals surface area (Å²) in [7, 11) is 6.33. The minimum absolute atomic E-state index is 0.377. The van der Waals surface area contributed by atoms with Crippen molar-refractivity contribution in [3.8, 4) is 0 Å². The third kappa shape index (κ3) is 5.57. The van der Waals surface area contributed by atoms with E-state index in [4.69, 9.17) is 0 Å². The Hall–Kier alpha value is -1.13. The molecule has 0 spiro atoms. The number of aromatic nitrogens is 1. The summed E-state index contributed by atoms with van der Waals surface area (Å²) in [4.78, 5) is 8.91. The average Bonchev–Trinajstić information content (AvgIpc) is 2.38. The van der Waals surface area contributed by atoms with Gasteiger partial charge in [-0.25, -0.2) is 4.98 Å². The van der Waals surface area contributed by atoms with E-state index >= 15 is 0 Å². The lowest BCUT2D eigenvalue weighted by Crippen LogP contribution is -2.24. The van der Waals surface area contributed by atoms with E-state index < -0.39 is 0 Å². The Morgan fingerprint density at radius 3 is 2.63 bits per heavy atom. The van der Waals surface area contributed by atoms with Crippen LogP contribution in [0.15, 0.2) is 18.3 Å². The van der Waals surface area contributed by atoms with Crippen molar-refractivity contribution in [2.24, 2.45) is 0 Å². The van der Waals surface area contributed by atoms with Crippen LogP contribution in [0.2, 0.25) is 0 Å². The van der Waals surface area contributed by atoms with Crippen LogP contribution in [0.4, 0.5) is 5.82 Å². The summed E-state index contributed by atoms with van der Waals surface area (Å²) < 4.78 is 0. The molecule has 0 radical (unpaired) electrons. The Balaban J connectivity index is 2.59. The standard InChI is InChI=1S/C15H28N4/c1-6-16-13(2)14-8-9-17-15(12-14)19(5)11-7-10-18(3)4/h8-9,12-13,16H,6-7,10-11H2,1-5H3. The highest BCUT2D eigenvalue weighted by Gasteiger charge is 2.07. The second kappa shape index (κ2) is 8.12. The van der Waals surface area contributed by atoms with Crippen molar-refractivity contribution in [1.82, 2.24) is 15.2 Å². The minimum Gasteiger partial charge on any atom is -0.360 e. The second-order valence-corrected chi connectivity index (χ2v) is 5.31. The van der Waals surface area contributed by atoms with Crippen molar-refractivity contribution in [2.45, 2.75) is 26.3 Å². The monoisotopic (exact) mass is 264 g/mol. The Bertz CT molecular complexity index is 365. The van der Waals surface area contributed by atoms with Gasteiger partial charge in [0.1, 0.15) is 5.82 Å². The Kier molecular flexibility index (Phi) is 6.81. The van der Waals surface area contributed by atoms with Crippen LogP contribution in [0.1, 0.15) is 31.9 Å². The lowest BCUT2D eigenvalue weighted by Gasteiger charge is -2.21. The summed E-state index contributed by atoms with van der Waals surface area (Å²) >= 11 is 0. The summed E-state index contributed by atoms with van der Waals surface area (Å²) in [5.74, 6) is 1.06. The SMILES string of the molecule is CCNC(C)c1ccnc(N(C)CCCN(C)C)c1. The maximum atomic E-state index is 4.46. The number of hydrogen-bond donors (Lipinski definition) is 1. The van der Waals surface area contributed by atoms with E-state index in [0.717, 1.165) is 31.9 Å². The molecule has 1 aromatic heterocycles. The van der Waals surface area contributed by atoms with Crippen LogP contribution >= 0.6 is 0 Å². The number of nitrogens with one attached hydrogen (secondary N) is 1. The molecule has 108 valence electrons. The van der Waals surface area contributed by atoms with Gasteiger partial charge in [-0.2, -0.15) is 0 Å². The first-order valence-electron chi connectivity index (χ1n) is 7.09. The number of nitrogens with zero attached hydrogens (tertiary/aromatic N) is 3. The molecule has 4 heteroatoms. The fourth-order valence-electron chi connectivity index (χ4n) is 2.07. The van der Waals surface area contributed by atoms with Gasteiger partial charge in [0, 0.05) is 25.8 Å². The summed E-state index contributed by atoms with van der Waals surface area (Å²) in [6.07, 6.45) is 3.05. The molecule has 0 saturated heterocycles. The fraction of sp³-hybridized carbons (Fsp3) is 0.667. The molecule has 1 rings (SSSR count). The van der Waals surface area contributed by atoms with E-state index in [1.165, 1.54) is 5.56 Å². The van der Waals surface area contributed by atoms with Crippen molar-refractivity contribution in [3.05, 3.63) is 23.9 Å². The van der Waals surface area contributed by atoms with Crippen LogP contribution in [0.3, 0.4) is 0 Å². The normalized spacial score (nSPS) is 12.7. The van der Waals surface area contributed by atoms with Crippen LogP contribution < -0.4 is 10.2 Å². The highest BCUT2D eigenvalue weighted by molar-refractivity contribution is 5.40. The molecule has 0 bridgehead atoms. The first-order valence-corrected chi connectivity index (χ1v) is 7.09. The van der Waals surface area contributed by atoms with E-state index in [-0.39, 0.29) is 0 Å². The van der Waals surface area contributed by atoms with E-state index in [1.54, 1.807) is 0 Å². The molecule has 0 saturated carbocycles. The minimum atomic E-state index is 0.377. The quantitative estimate of drug-likeness (QED) is 0.779. The molecule has 1 atom stereocenters. The van der Waals surface area contributed by atoms with E-state index in [1.807, 2.05) is 6.20 Å². The average molecular weight is 264 g/mol. The van der Waals surface area contributed by atoms with Crippen LogP contribution in [0, 0.1) is 0 Å². The lowest BCUT2D eigenvalue weighted by molar-refractivity contribution is 0.401. The molecule has 0 aliphatic rings. The highest BCUT2D eigenvalue weighted by Crippen LogP contribution is 2.17. The third-order valence-electron chi connectivity index (χ3n) is 3.27. The molecule has 4 nitrogen and oxygen atoms in total. The topological polar surface area (TPSA) is 31.4 Å². The molecule has 0 fully saturated rings. The van der Waals surface area contributed by atoms with E-state index in [2.05, 4.69) is 67.2 Å². The van der Waals surface area contributed by atoms with Gasteiger partial charge in [-0.1, -0.05) is 6.92 Å². The van der Waals surface area contributed by atoms with Gasteiger partial charge in [-0.05, 0) is 58.2 Å². The molecular weight excluding hydrogens is 236 g/mol. The zero-order chi connectivity index (χ0) is 14.3. The predicted octanol–water partition coefficient (Wildman–Crippen LogP) is 2.14. The first-order chi connectivity index (χ1) is 9.04. The number of anilines is 1. The Morgan fingerprint density at radius 1 is 1.26 bits per heavy atom. The Morgan fingerprint density at radius 2 is 2.00 bits per heavy atom. The van der Waals surface area contributed by atoms with E-state index in [9.17, 15) is 0 Å². The highest BCUT2D eigenvalue weighted by atomic mass is 15.2. The maximum Gasteiger partial charge on any atom is 0.128 e. The van der Waals surface area contributed by atoms with Gasteiger partial charge in [0.05, 0.1) is 0 Å². The zero-order valence-electron chi connectivity index (χ0n) is 13.0. The van der Waals surface area contributed by atoms with Gasteiger partial charge in [0.25, 0.3) is 0 Å². The van der Waals surface area contributed by atoms with E-state index in [0.29, 0.717) is 6.04 Å². The molecule has 19 heavy (non-hydrogen) atoms. The molecule has 0 amide bonds. The summed E-state index contributed by atoms with van der Waals surface area (Å²) in [6, 6.07) is 4.65. The van der Waals surface area contributed by atoms with Crippen LogP contribution in [0.5, 0.6) is 0 Å². The zero-order valence-corrected chi connectivity index (χ0v) is 13.0. The molecule has 0 aromatic carbocycles. The maximum absolute atomic E-state index is 4.46. The number of pyridine rings is 1. The summed E-state index contributed by atoms with van der Waals surface area (Å²) in [5, 5.41) is 3.43. The Labute approximate surface area is 117 Å².